The van der Waals surface area contributed by atoms with Crippen LogP contribution in [0.15, 0.2) is 48.5 Å². The van der Waals surface area contributed by atoms with E-state index in [1.54, 1.807) is 18.6 Å². The Morgan fingerprint density at radius 3 is 2.36 bits per heavy atom. The molecule has 1 radical (unpaired) electrons. The fourth-order valence-corrected chi connectivity index (χ4v) is 5.83. The molecule has 0 aliphatic rings. The van der Waals surface area contributed by atoms with Crippen molar-refractivity contribution in [1.82, 2.24) is 10.6 Å². The minimum absolute atomic E-state index is 0.00607. The number of ether oxygens (including phenoxy) is 1. The Morgan fingerprint density at radius 1 is 1.08 bits per heavy atom. The molecule has 0 aromatic heterocycles. The number of unbranched alkanes of at least 4 members (excludes halogenated alkanes) is 1. The Bertz CT molecular complexity index is 1030. The Morgan fingerprint density at radius 2 is 1.75 bits per heavy atom. The van der Waals surface area contributed by atoms with Gasteiger partial charge in [-0.2, -0.15) is 0 Å². The van der Waals surface area contributed by atoms with Gasteiger partial charge in [-0.3, -0.25) is 0 Å². The topological polar surface area (TPSA) is 84.5 Å². The van der Waals surface area contributed by atoms with Crippen molar-refractivity contribution in [1.29, 1.82) is 0 Å². The SMILES string of the molecule is CCCCS(=O)(=O)C(c1cc(F)cc(F)c1)[C@H]([CH]CNCCC(C)C)NC(=O)OCc1ccccc1. The smallest absolute Gasteiger partial charge is 0.407 e. The highest BCUT2D eigenvalue weighted by Gasteiger charge is 2.36. The second-order valence-corrected chi connectivity index (χ2v) is 11.4. The molecule has 9 heteroatoms. The van der Waals surface area contributed by atoms with Gasteiger partial charge in [0.05, 0.1) is 11.8 Å². The number of benzene rings is 2. The molecule has 0 heterocycles. The number of hydrogen-bond donors (Lipinski definition) is 2. The van der Waals surface area contributed by atoms with Crippen molar-refractivity contribution in [3.63, 3.8) is 0 Å². The van der Waals surface area contributed by atoms with Crippen molar-refractivity contribution in [2.24, 2.45) is 5.92 Å². The molecule has 0 aliphatic heterocycles. The van der Waals surface area contributed by atoms with Crippen LogP contribution in [-0.2, 0) is 21.2 Å². The number of amides is 1. The van der Waals surface area contributed by atoms with Crippen molar-refractivity contribution in [3.05, 3.63) is 77.7 Å². The number of sulfone groups is 1. The standard InChI is InChI=1S/C27H37F2N2O4S/c1-4-5-15-36(33,34)26(22-16-23(28)18-24(29)17-22)25(12-14-30-13-11-20(2)3)31-27(32)35-19-21-9-7-6-8-10-21/h6-10,12,16-18,20,25-26,30H,4-5,11,13-15,19H2,1-3H3,(H,31,32)/t25-,26?/m0/s1. The number of carbonyl (C=O) groups excluding carboxylic acids is 1. The molecule has 0 saturated heterocycles. The van der Waals surface area contributed by atoms with E-state index < -0.39 is 38.9 Å². The first-order valence-corrected chi connectivity index (χ1v) is 14.0. The maximum absolute atomic E-state index is 14.1. The molecule has 36 heavy (non-hydrogen) atoms. The molecule has 2 N–H and O–H groups in total. The zero-order valence-electron chi connectivity index (χ0n) is 21.2. The lowest BCUT2D eigenvalue weighted by Crippen LogP contribution is -2.45. The van der Waals surface area contributed by atoms with Crippen molar-refractivity contribution < 1.29 is 26.7 Å². The first-order valence-electron chi connectivity index (χ1n) is 12.3. The molecule has 1 unspecified atom stereocenters. The molecular formula is C27H37F2N2O4S. The van der Waals surface area contributed by atoms with Gasteiger partial charge in [0, 0.05) is 12.6 Å². The average molecular weight is 524 g/mol. The molecule has 0 bridgehead atoms. The Kier molecular flexibility index (Phi) is 12.3. The zero-order chi connectivity index (χ0) is 26.6. The quantitative estimate of drug-likeness (QED) is 0.307. The maximum atomic E-state index is 14.1. The first-order chi connectivity index (χ1) is 17.1. The lowest BCUT2D eigenvalue weighted by molar-refractivity contribution is 0.136. The summed E-state index contributed by atoms with van der Waals surface area (Å²) in [6.07, 6.45) is 2.71. The van der Waals surface area contributed by atoms with Gasteiger partial charge in [0.1, 0.15) is 23.5 Å². The minimum atomic E-state index is -3.90. The van der Waals surface area contributed by atoms with E-state index in [4.69, 9.17) is 4.74 Å². The molecule has 0 aliphatic carbocycles. The van der Waals surface area contributed by atoms with Gasteiger partial charge in [0.25, 0.3) is 0 Å². The third-order valence-electron chi connectivity index (χ3n) is 5.62. The number of carbonyl (C=O) groups is 1. The van der Waals surface area contributed by atoms with Crippen LogP contribution >= 0.6 is 0 Å². The second-order valence-electron chi connectivity index (χ2n) is 9.20. The fraction of sp³-hybridized carbons (Fsp3) is 0.481. The van der Waals surface area contributed by atoms with Gasteiger partial charge < -0.3 is 15.4 Å². The summed E-state index contributed by atoms with van der Waals surface area (Å²) >= 11 is 0. The van der Waals surface area contributed by atoms with E-state index in [0.29, 0.717) is 31.4 Å². The molecular weight excluding hydrogens is 486 g/mol. The summed E-state index contributed by atoms with van der Waals surface area (Å²) in [5, 5.41) is 4.45. The molecule has 0 spiro atoms. The summed E-state index contributed by atoms with van der Waals surface area (Å²) in [4.78, 5) is 12.7. The zero-order valence-corrected chi connectivity index (χ0v) is 22.0. The third kappa shape index (κ3) is 10.2. The molecule has 2 aromatic carbocycles. The average Bonchev–Trinajstić information content (AvgIpc) is 2.81. The van der Waals surface area contributed by atoms with E-state index in [9.17, 15) is 22.0 Å². The van der Waals surface area contributed by atoms with Gasteiger partial charge >= 0.3 is 6.09 Å². The van der Waals surface area contributed by atoms with E-state index in [1.807, 2.05) is 25.1 Å². The highest BCUT2D eigenvalue weighted by molar-refractivity contribution is 7.91. The van der Waals surface area contributed by atoms with Gasteiger partial charge in [0.2, 0.25) is 0 Å². The molecule has 2 rings (SSSR count). The van der Waals surface area contributed by atoms with Gasteiger partial charge in [-0.15, -0.1) is 0 Å². The number of halogens is 2. The molecule has 0 saturated carbocycles. The minimum Gasteiger partial charge on any atom is -0.445 e. The number of nitrogens with one attached hydrogen (secondary N) is 2. The van der Waals surface area contributed by atoms with E-state index in [0.717, 1.165) is 24.1 Å². The monoisotopic (exact) mass is 523 g/mol. The van der Waals surface area contributed by atoms with E-state index in [-0.39, 0.29) is 24.5 Å². The third-order valence-corrected chi connectivity index (χ3v) is 7.82. The van der Waals surface area contributed by atoms with Crippen LogP contribution in [-0.4, -0.2) is 39.4 Å². The molecule has 6 nitrogen and oxygen atoms in total. The number of alkyl carbamates (subject to hydrolysis) is 1. The van der Waals surface area contributed by atoms with Crippen LogP contribution < -0.4 is 10.6 Å². The highest BCUT2D eigenvalue weighted by Crippen LogP contribution is 2.30. The Balaban J connectivity index is 2.31. The number of rotatable bonds is 15. The van der Waals surface area contributed by atoms with Crippen LogP contribution in [0.25, 0.3) is 0 Å². The predicted molar refractivity (Wildman–Crippen MR) is 138 cm³/mol. The molecule has 2 aromatic rings. The Labute approximate surface area is 213 Å². The van der Waals surface area contributed by atoms with Gasteiger partial charge in [-0.1, -0.05) is 57.5 Å². The largest absolute Gasteiger partial charge is 0.445 e. The van der Waals surface area contributed by atoms with Crippen molar-refractivity contribution in [3.8, 4) is 0 Å². The van der Waals surface area contributed by atoms with Crippen LogP contribution in [0.1, 0.15) is 56.4 Å². The summed E-state index contributed by atoms with van der Waals surface area (Å²) in [6, 6.07) is 10.7. The summed E-state index contributed by atoms with van der Waals surface area (Å²) in [5.41, 5.74) is 0.707. The second kappa shape index (κ2) is 14.9. The first kappa shape index (κ1) is 29.7. The molecule has 199 valence electrons. The van der Waals surface area contributed by atoms with Crippen LogP contribution in [0.2, 0.25) is 0 Å². The predicted octanol–water partition coefficient (Wildman–Crippen LogP) is 5.36. The Hall–Kier alpha value is -2.52. The van der Waals surface area contributed by atoms with Crippen LogP contribution in [0.3, 0.4) is 0 Å². The van der Waals surface area contributed by atoms with Crippen molar-refractivity contribution in [2.45, 2.75) is 57.9 Å². The van der Waals surface area contributed by atoms with Crippen LogP contribution in [0, 0.1) is 24.0 Å². The fourth-order valence-electron chi connectivity index (χ4n) is 3.71. The van der Waals surface area contributed by atoms with Crippen LogP contribution in [0.4, 0.5) is 13.6 Å². The lowest BCUT2D eigenvalue weighted by Gasteiger charge is -2.28. The van der Waals surface area contributed by atoms with Gasteiger partial charge in [0.15, 0.2) is 9.84 Å². The highest BCUT2D eigenvalue weighted by atomic mass is 32.2. The number of hydrogen-bond acceptors (Lipinski definition) is 5. The molecule has 2 atom stereocenters. The van der Waals surface area contributed by atoms with Crippen molar-refractivity contribution >= 4 is 15.9 Å². The summed E-state index contributed by atoms with van der Waals surface area (Å²) < 4.78 is 60.4. The summed E-state index contributed by atoms with van der Waals surface area (Å²) in [6.45, 7) is 7.01. The van der Waals surface area contributed by atoms with E-state index in [2.05, 4.69) is 24.5 Å². The van der Waals surface area contributed by atoms with Gasteiger partial charge in [-0.25, -0.2) is 22.0 Å². The van der Waals surface area contributed by atoms with E-state index >= 15 is 0 Å². The maximum Gasteiger partial charge on any atom is 0.407 e. The normalized spacial score (nSPS) is 13.4. The molecule has 0 fully saturated rings. The van der Waals surface area contributed by atoms with Crippen LogP contribution in [0.5, 0.6) is 0 Å². The lowest BCUT2D eigenvalue weighted by atomic mass is 10.0. The summed E-state index contributed by atoms with van der Waals surface area (Å²) in [7, 11) is -3.90. The summed E-state index contributed by atoms with van der Waals surface area (Å²) in [5.74, 6) is -1.47. The van der Waals surface area contributed by atoms with E-state index in [1.165, 1.54) is 0 Å². The van der Waals surface area contributed by atoms with Gasteiger partial charge in [-0.05, 0) is 55.0 Å². The van der Waals surface area contributed by atoms with Crippen molar-refractivity contribution in [2.75, 3.05) is 18.8 Å². The molecule has 1 amide bonds.